The second-order valence-electron chi connectivity index (χ2n) is 8.80. The summed E-state index contributed by atoms with van der Waals surface area (Å²) in [5, 5.41) is 12.7. The number of hydrogen-bond acceptors (Lipinski definition) is 6. The largest absolute Gasteiger partial charge is 0.440 e. The summed E-state index contributed by atoms with van der Waals surface area (Å²) in [6, 6.07) is 3.09. The van der Waals surface area contributed by atoms with Gasteiger partial charge in [-0.3, -0.25) is 0 Å². The molecule has 33 heavy (non-hydrogen) atoms. The van der Waals surface area contributed by atoms with Crippen LogP contribution in [-0.4, -0.2) is 31.5 Å². The predicted octanol–water partition coefficient (Wildman–Crippen LogP) is 5.09. The van der Waals surface area contributed by atoms with Gasteiger partial charge in [0, 0.05) is 24.4 Å². The van der Waals surface area contributed by atoms with Crippen LogP contribution in [0.5, 0.6) is 0 Å². The van der Waals surface area contributed by atoms with E-state index in [0.29, 0.717) is 23.2 Å². The standard InChI is InChI=1S/C22H23F4N5OS/c1-12-18(32-11-27-12)19-29-30-20(31(19)2)33-5-3-4-17-9-15-10-21(15,28-17)13-6-14(22(24,25)26)8-16(23)7-13/h6-8,11,15,17,28H,3-5,9-10H2,1-2H3/t15-,17?,21-/m1/s1. The lowest BCUT2D eigenvalue weighted by atomic mass is 10.0. The molecule has 2 aliphatic rings. The Balaban J connectivity index is 1.16. The number of alkyl halides is 3. The van der Waals surface area contributed by atoms with Crippen molar-refractivity contribution in [3.63, 3.8) is 0 Å². The van der Waals surface area contributed by atoms with E-state index in [9.17, 15) is 17.6 Å². The molecule has 0 radical (unpaired) electrons. The number of thioether (sulfide) groups is 1. The topological polar surface area (TPSA) is 68.8 Å². The Morgan fingerprint density at radius 3 is 2.82 bits per heavy atom. The Kier molecular flexibility index (Phi) is 5.51. The molecule has 1 aliphatic heterocycles. The van der Waals surface area contributed by atoms with Crippen molar-refractivity contribution in [3.05, 3.63) is 47.2 Å². The summed E-state index contributed by atoms with van der Waals surface area (Å²) in [6.45, 7) is 1.85. The molecular weight excluding hydrogens is 458 g/mol. The fourth-order valence-corrected chi connectivity index (χ4v) is 5.72. The first-order valence-corrected chi connectivity index (χ1v) is 11.7. The highest BCUT2D eigenvalue weighted by Gasteiger charge is 2.61. The van der Waals surface area contributed by atoms with E-state index in [0.717, 1.165) is 48.4 Å². The highest BCUT2D eigenvalue weighted by Crippen LogP contribution is 2.59. The van der Waals surface area contributed by atoms with Gasteiger partial charge in [-0.1, -0.05) is 11.8 Å². The number of benzene rings is 1. The van der Waals surface area contributed by atoms with E-state index in [1.165, 1.54) is 12.5 Å². The van der Waals surface area contributed by atoms with Crippen LogP contribution in [0.2, 0.25) is 0 Å². The highest BCUT2D eigenvalue weighted by atomic mass is 32.2. The van der Waals surface area contributed by atoms with Crippen LogP contribution in [0.25, 0.3) is 11.6 Å². The van der Waals surface area contributed by atoms with Gasteiger partial charge in [0.25, 0.3) is 0 Å². The Morgan fingerprint density at radius 2 is 2.09 bits per heavy atom. The van der Waals surface area contributed by atoms with Crippen LogP contribution in [0.15, 0.2) is 34.2 Å². The monoisotopic (exact) mass is 481 g/mol. The van der Waals surface area contributed by atoms with E-state index in [4.69, 9.17) is 4.42 Å². The average molecular weight is 482 g/mol. The maximum absolute atomic E-state index is 13.9. The minimum atomic E-state index is -4.56. The summed E-state index contributed by atoms with van der Waals surface area (Å²) in [4.78, 5) is 4.08. The van der Waals surface area contributed by atoms with Gasteiger partial charge in [-0.25, -0.2) is 9.37 Å². The summed E-state index contributed by atoms with van der Waals surface area (Å²) in [5.74, 6) is 1.47. The molecule has 2 fully saturated rings. The number of aromatic nitrogens is 4. The van der Waals surface area contributed by atoms with Crippen molar-refractivity contribution < 1.29 is 22.0 Å². The smallest absolute Gasteiger partial charge is 0.416 e. The van der Waals surface area contributed by atoms with Crippen molar-refractivity contribution in [1.82, 2.24) is 25.1 Å². The Hall–Kier alpha value is -2.40. The number of fused-ring (bicyclic) bond motifs is 1. The zero-order valence-electron chi connectivity index (χ0n) is 18.1. The summed E-state index contributed by atoms with van der Waals surface area (Å²) in [7, 11) is 1.88. The lowest BCUT2D eigenvalue weighted by molar-refractivity contribution is -0.137. The summed E-state index contributed by atoms with van der Waals surface area (Å²) >= 11 is 1.59. The maximum Gasteiger partial charge on any atom is 0.416 e. The van der Waals surface area contributed by atoms with Crippen molar-refractivity contribution in [1.29, 1.82) is 0 Å². The van der Waals surface area contributed by atoms with E-state index in [1.54, 1.807) is 11.8 Å². The van der Waals surface area contributed by atoms with Crippen molar-refractivity contribution in [2.75, 3.05) is 5.75 Å². The molecule has 0 bridgehead atoms. The molecule has 1 saturated carbocycles. The van der Waals surface area contributed by atoms with Gasteiger partial charge in [-0.2, -0.15) is 13.2 Å². The molecule has 3 aromatic rings. The lowest BCUT2D eigenvalue weighted by Crippen LogP contribution is -2.33. The summed E-state index contributed by atoms with van der Waals surface area (Å²) < 4.78 is 60.5. The first-order valence-electron chi connectivity index (χ1n) is 10.8. The number of nitrogens with one attached hydrogen (secondary N) is 1. The van der Waals surface area contributed by atoms with Crippen molar-refractivity contribution >= 4 is 11.8 Å². The predicted molar refractivity (Wildman–Crippen MR) is 114 cm³/mol. The molecule has 176 valence electrons. The molecular formula is C22H23F4N5OS. The SMILES string of the molecule is Cc1ncoc1-c1nnc(SCCCC2C[C@@H]3C[C@]3(c3cc(F)cc(C(F)(F)F)c3)N2)n1C. The van der Waals surface area contributed by atoms with Gasteiger partial charge >= 0.3 is 6.18 Å². The number of halogens is 4. The van der Waals surface area contributed by atoms with Gasteiger partial charge in [-0.15, -0.1) is 10.2 Å². The molecule has 11 heteroatoms. The molecule has 1 unspecified atom stereocenters. The summed E-state index contributed by atoms with van der Waals surface area (Å²) in [6.07, 6.45) is 0.262. The second-order valence-corrected chi connectivity index (χ2v) is 9.86. The molecule has 1 N–H and O–H groups in total. The van der Waals surface area contributed by atoms with Crippen LogP contribution in [-0.2, 0) is 18.8 Å². The fourth-order valence-electron chi connectivity index (χ4n) is 4.84. The molecule has 3 heterocycles. The molecule has 3 atom stereocenters. The maximum atomic E-state index is 13.9. The van der Waals surface area contributed by atoms with Crippen LogP contribution in [0.1, 0.15) is 42.5 Å². The molecule has 1 aliphatic carbocycles. The first-order chi connectivity index (χ1) is 15.7. The minimum absolute atomic E-state index is 0.203. The van der Waals surface area contributed by atoms with Crippen LogP contribution < -0.4 is 5.32 Å². The average Bonchev–Trinajstić information content (AvgIpc) is 3.05. The highest BCUT2D eigenvalue weighted by molar-refractivity contribution is 7.99. The van der Waals surface area contributed by atoms with Gasteiger partial charge in [-0.05, 0) is 62.3 Å². The number of aryl methyl sites for hydroxylation is 1. The number of oxazole rings is 1. The normalized spacial score (nSPS) is 24.3. The van der Waals surface area contributed by atoms with Gasteiger partial charge in [0.05, 0.1) is 11.3 Å². The third-order valence-electron chi connectivity index (χ3n) is 6.59. The van der Waals surface area contributed by atoms with Gasteiger partial charge in [0.15, 0.2) is 17.3 Å². The van der Waals surface area contributed by atoms with Crippen LogP contribution in [0.4, 0.5) is 17.6 Å². The van der Waals surface area contributed by atoms with E-state index in [-0.39, 0.29) is 12.0 Å². The molecule has 0 amide bonds. The first kappa shape index (κ1) is 22.4. The van der Waals surface area contributed by atoms with Crippen LogP contribution in [0, 0.1) is 18.7 Å². The molecule has 1 aromatic carbocycles. The molecule has 0 spiro atoms. The van der Waals surface area contributed by atoms with Crippen molar-refractivity contribution in [2.45, 2.75) is 55.5 Å². The number of piperidine rings is 1. The zero-order chi connectivity index (χ0) is 23.4. The molecule has 5 rings (SSSR count). The molecule has 6 nitrogen and oxygen atoms in total. The number of hydrogen-bond donors (Lipinski definition) is 1. The van der Waals surface area contributed by atoms with Gasteiger partial charge < -0.3 is 14.3 Å². The fraction of sp³-hybridized carbons (Fsp3) is 0.500. The Labute approximate surface area is 192 Å². The number of rotatable bonds is 7. The third-order valence-corrected chi connectivity index (χ3v) is 7.69. The second kappa shape index (κ2) is 8.12. The molecule has 2 aromatic heterocycles. The Bertz CT molecular complexity index is 1180. The third kappa shape index (κ3) is 4.16. The summed E-state index contributed by atoms with van der Waals surface area (Å²) in [5.41, 5.74) is -0.288. The van der Waals surface area contributed by atoms with Crippen LogP contribution >= 0.6 is 11.8 Å². The van der Waals surface area contributed by atoms with E-state index in [2.05, 4.69) is 20.5 Å². The van der Waals surface area contributed by atoms with Gasteiger partial charge in [0.1, 0.15) is 5.82 Å². The Morgan fingerprint density at radius 1 is 1.27 bits per heavy atom. The van der Waals surface area contributed by atoms with Gasteiger partial charge in [0.2, 0.25) is 5.82 Å². The number of nitrogens with zero attached hydrogens (tertiary/aromatic N) is 4. The van der Waals surface area contributed by atoms with Crippen molar-refractivity contribution in [2.24, 2.45) is 13.0 Å². The minimum Gasteiger partial charge on any atom is -0.440 e. The van der Waals surface area contributed by atoms with E-state index in [1.807, 2.05) is 18.5 Å². The van der Waals surface area contributed by atoms with E-state index >= 15 is 0 Å². The lowest BCUT2D eigenvalue weighted by Gasteiger charge is -2.21. The molecule has 1 saturated heterocycles. The van der Waals surface area contributed by atoms with Crippen LogP contribution in [0.3, 0.4) is 0 Å². The quantitative estimate of drug-likeness (QED) is 0.288. The van der Waals surface area contributed by atoms with Crippen molar-refractivity contribution in [3.8, 4) is 11.6 Å². The van der Waals surface area contributed by atoms with E-state index < -0.39 is 23.1 Å². The zero-order valence-corrected chi connectivity index (χ0v) is 18.9.